The van der Waals surface area contributed by atoms with Crippen LogP contribution in [0.1, 0.15) is 19.3 Å². The van der Waals surface area contributed by atoms with Gasteiger partial charge in [0.25, 0.3) is 0 Å². The largest absolute Gasteiger partial charge is 0.360 e. The van der Waals surface area contributed by atoms with Crippen LogP contribution < -0.4 is 10.6 Å². The number of rotatable bonds is 4. The van der Waals surface area contributed by atoms with Gasteiger partial charge >= 0.3 is 0 Å². The Balaban J connectivity index is 1.63. The molecule has 5 heteroatoms. The fourth-order valence-electron chi connectivity index (χ4n) is 1.61. The maximum Gasteiger partial charge on any atom is 0.202 e. The van der Waals surface area contributed by atoms with Crippen molar-refractivity contribution in [3.8, 4) is 0 Å². The van der Waals surface area contributed by atoms with Crippen molar-refractivity contribution >= 4 is 16.7 Å². The summed E-state index contributed by atoms with van der Waals surface area (Å²) in [6.45, 7) is 2.18. The summed E-state index contributed by atoms with van der Waals surface area (Å²) in [5.74, 6) is 0. The van der Waals surface area contributed by atoms with Gasteiger partial charge in [0.2, 0.25) is 5.13 Å². The van der Waals surface area contributed by atoms with Crippen LogP contribution in [0.2, 0.25) is 0 Å². The van der Waals surface area contributed by atoms with E-state index in [9.17, 15) is 0 Å². The number of aromatic nitrogens is 2. The zero-order chi connectivity index (χ0) is 8.93. The fraction of sp³-hybridized carbons (Fsp3) is 0.750. The van der Waals surface area contributed by atoms with E-state index in [1.165, 1.54) is 37.3 Å². The van der Waals surface area contributed by atoms with Crippen LogP contribution in [0.15, 0.2) is 6.33 Å². The molecular formula is C8H14N4S. The average molecular weight is 198 g/mol. The van der Waals surface area contributed by atoms with Gasteiger partial charge in [-0.2, -0.15) is 4.37 Å². The lowest BCUT2D eigenvalue weighted by Gasteiger charge is -2.09. The van der Waals surface area contributed by atoms with E-state index in [0.29, 0.717) is 6.04 Å². The zero-order valence-electron chi connectivity index (χ0n) is 7.49. The highest BCUT2D eigenvalue weighted by Gasteiger charge is 2.12. The van der Waals surface area contributed by atoms with Crippen LogP contribution in [0.3, 0.4) is 0 Å². The van der Waals surface area contributed by atoms with Gasteiger partial charge in [0.1, 0.15) is 6.33 Å². The summed E-state index contributed by atoms with van der Waals surface area (Å²) in [4.78, 5) is 4.06. The predicted molar refractivity (Wildman–Crippen MR) is 54.0 cm³/mol. The average Bonchev–Trinajstić information content (AvgIpc) is 2.75. The molecule has 1 aromatic heterocycles. The first-order valence-corrected chi connectivity index (χ1v) is 5.46. The van der Waals surface area contributed by atoms with Crippen molar-refractivity contribution < 1.29 is 0 Å². The molecule has 0 saturated carbocycles. The van der Waals surface area contributed by atoms with Crippen molar-refractivity contribution in [1.82, 2.24) is 14.7 Å². The number of hydrogen-bond acceptors (Lipinski definition) is 5. The van der Waals surface area contributed by atoms with Crippen molar-refractivity contribution in [2.45, 2.75) is 25.3 Å². The summed E-state index contributed by atoms with van der Waals surface area (Å²) in [5, 5.41) is 7.65. The molecule has 2 heterocycles. The van der Waals surface area contributed by atoms with Crippen molar-refractivity contribution in [2.24, 2.45) is 0 Å². The number of nitrogens with one attached hydrogen (secondary N) is 2. The standard InChI is InChI=1S/C8H14N4S/c1-2-7(9-4-1)3-5-10-8-11-6-12-13-8/h6-7,9H,1-5H2,(H,10,11,12)/t7-/m1/s1. The molecular weight excluding hydrogens is 184 g/mol. The minimum atomic E-state index is 0.709. The van der Waals surface area contributed by atoms with E-state index in [1.54, 1.807) is 6.33 Å². The molecule has 4 nitrogen and oxygen atoms in total. The first-order valence-electron chi connectivity index (χ1n) is 4.69. The van der Waals surface area contributed by atoms with E-state index in [-0.39, 0.29) is 0 Å². The van der Waals surface area contributed by atoms with Gasteiger partial charge in [-0.15, -0.1) is 0 Å². The van der Waals surface area contributed by atoms with Gasteiger partial charge < -0.3 is 10.6 Å². The summed E-state index contributed by atoms with van der Waals surface area (Å²) < 4.78 is 3.93. The van der Waals surface area contributed by atoms with Crippen molar-refractivity contribution in [2.75, 3.05) is 18.4 Å². The van der Waals surface area contributed by atoms with E-state index >= 15 is 0 Å². The fourth-order valence-corrected chi connectivity index (χ4v) is 2.06. The third-order valence-electron chi connectivity index (χ3n) is 2.29. The minimum Gasteiger partial charge on any atom is -0.360 e. The Morgan fingerprint density at radius 1 is 1.69 bits per heavy atom. The smallest absolute Gasteiger partial charge is 0.202 e. The molecule has 1 saturated heterocycles. The third-order valence-corrected chi connectivity index (χ3v) is 2.92. The lowest BCUT2D eigenvalue weighted by molar-refractivity contribution is 0.574. The van der Waals surface area contributed by atoms with Crippen molar-refractivity contribution in [3.05, 3.63) is 6.33 Å². The molecule has 0 aliphatic carbocycles. The highest BCUT2D eigenvalue weighted by molar-refractivity contribution is 7.09. The van der Waals surface area contributed by atoms with Crippen LogP contribution in [-0.2, 0) is 0 Å². The molecule has 0 aromatic carbocycles. The van der Waals surface area contributed by atoms with Crippen LogP contribution >= 0.6 is 11.5 Å². The Kier molecular flexibility index (Phi) is 3.10. The molecule has 1 aliphatic heterocycles. The highest BCUT2D eigenvalue weighted by Crippen LogP contribution is 2.10. The maximum atomic E-state index is 4.06. The lowest BCUT2D eigenvalue weighted by Crippen LogP contribution is -2.23. The highest BCUT2D eigenvalue weighted by atomic mass is 32.1. The number of nitrogens with zero attached hydrogens (tertiary/aromatic N) is 2. The van der Waals surface area contributed by atoms with E-state index in [4.69, 9.17) is 0 Å². The van der Waals surface area contributed by atoms with Crippen LogP contribution in [-0.4, -0.2) is 28.5 Å². The van der Waals surface area contributed by atoms with Crippen LogP contribution in [0.25, 0.3) is 0 Å². The summed E-state index contributed by atoms with van der Waals surface area (Å²) in [5.41, 5.74) is 0. The molecule has 0 amide bonds. The second kappa shape index (κ2) is 4.53. The SMILES string of the molecule is c1nsc(NCC[C@H]2CCCN2)n1. The Morgan fingerprint density at radius 2 is 2.69 bits per heavy atom. The molecule has 2 N–H and O–H groups in total. The van der Waals surface area contributed by atoms with Crippen LogP contribution in [0, 0.1) is 0 Å². The molecule has 72 valence electrons. The van der Waals surface area contributed by atoms with Gasteiger partial charge in [-0.25, -0.2) is 4.98 Å². The monoisotopic (exact) mass is 198 g/mol. The summed E-state index contributed by atoms with van der Waals surface area (Å²) >= 11 is 1.41. The van der Waals surface area contributed by atoms with Crippen molar-refractivity contribution in [3.63, 3.8) is 0 Å². The Bertz CT molecular complexity index is 230. The lowest BCUT2D eigenvalue weighted by atomic mass is 10.2. The summed E-state index contributed by atoms with van der Waals surface area (Å²) in [6.07, 6.45) is 5.40. The molecule has 1 atom stereocenters. The molecule has 0 bridgehead atoms. The van der Waals surface area contributed by atoms with Crippen molar-refractivity contribution in [1.29, 1.82) is 0 Å². The molecule has 0 radical (unpaired) electrons. The number of hydrogen-bond donors (Lipinski definition) is 2. The minimum absolute atomic E-state index is 0.709. The molecule has 1 fully saturated rings. The second-order valence-electron chi connectivity index (χ2n) is 3.26. The first kappa shape index (κ1) is 8.90. The first-order chi connectivity index (χ1) is 6.45. The predicted octanol–water partition coefficient (Wildman–Crippen LogP) is 1.09. The van der Waals surface area contributed by atoms with Gasteiger partial charge in [-0.05, 0) is 25.8 Å². The molecule has 0 unspecified atom stereocenters. The molecule has 1 aliphatic rings. The Morgan fingerprint density at radius 3 is 3.38 bits per heavy atom. The normalized spacial score (nSPS) is 22.0. The van der Waals surface area contributed by atoms with Gasteiger partial charge in [0.05, 0.1) is 0 Å². The van der Waals surface area contributed by atoms with Crippen LogP contribution in [0.4, 0.5) is 5.13 Å². The van der Waals surface area contributed by atoms with E-state index in [0.717, 1.165) is 11.7 Å². The molecule has 2 rings (SSSR count). The van der Waals surface area contributed by atoms with Gasteiger partial charge in [-0.1, -0.05) is 0 Å². The third kappa shape index (κ3) is 2.63. The Labute approximate surface area is 81.9 Å². The van der Waals surface area contributed by atoms with E-state index in [1.807, 2.05) is 0 Å². The second-order valence-corrected chi connectivity index (χ2v) is 4.04. The van der Waals surface area contributed by atoms with Gasteiger partial charge in [0.15, 0.2) is 0 Å². The van der Waals surface area contributed by atoms with Gasteiger partial charge in [-0.3, -0.25) is 0 Å². The quantitative estimate of drug-likeness (QED) is 0.760. The Hall–Kier alpha value is -0.680. The molecule has 13 heavy (non-hydrogen) atoms. The number of anilines is 1. The maximum absolute atomic E-state index is 4.06. The van der Waals surface area contributed by atoms with E-state index in [2.05, 4.69) is 20.0 Å². The van der Waals surface area contributed by atoms with Crippen LogP contribution in [0.5, 0.6) is 0 Å². The zero-order valence-corrected chi connectivity index (χ0v) is 8.31. The summed E-state index contributed by atoms with van der Waals surface area (Å²) in [7, 11) is 0. The molecule has 1 aromatic rings. The summed E-state index contributed by atoms with van der Waals surface area (Å²) in [6, 6.07) is 0.709. The molecule has 0 spiro atoms. The van der Waals surface area contributed by atoms with E-state index < -0.39 is 0 Å². The van der Waals surface area contributed by atoms with Gasteiger partial charge in [0, 0.05) is 24.1 Å². The topological polar surface area (TPSA) is 49.8 Å².